The second kappa shape index (κ2) is 11.4. The van der Waals surface area contributed by atoms with E-state index in [1.807, 2.05) is 0 Å². The first-order valence-corrected chi connectivity index (χ1v) is 12.5. The molecular formula is C24H23N5O8S. The number of aliphatic hydroxyl groups is 1. The van der Waals surface area contributed by atoms with Gasteiger partial charge < -0.3 is 20.1 Å². The maximum atomic E-state index is 13.0. The number of hydrogen-bond donors (Lipinski definition) is 2. The first-order valence-electron chi connectivity index (χ1n) is 11.5. The largest absolute Gasteiger partial charge is 0.422 e. The van der Waals surface area contributed by atoms with Crippen molar-refractivity contribution in [2.75, 3.05) is 17.6 Å². The van der Waals surface area contributed by atoms with E-state index in [2.05, 4.69) is 10.3 Å². The van der Waals surface area contributed by atoms with Crippen LogP contribution < -0.4 is 10.1 Å². The molecule has 14 heteroatoms. The number of carbonyl (C=O) groups is 2. The van der Waals surface area contributed by atoms with Gasteiger partial charge >= 0.3 is 5.97 Å². The number of β-lactam (4-membered cyclic amide) rings is 1. The molecule has 38 heavy (non-hydrogen) atoms. The number of amides is 1. The number of nitrogens with zero attached hydrogens (tertiary/aromatic N) is 4. The number of aliphatic hydroxyl groups excluding tert-OH is 1. The summed E-state index contributed by atoms with van der Waals surface area (Å²) in [7, 11) is 0. The molecule has 2 N–H and O–H groups in total. The molecule has 1 amide bonds. The predicted molar refractivity (Wildman–Crippen MR) is 139 cm³/mol. The van der Waals surface area contributed by atoms with Gasteiger partial charge in [0, 0.05) is 47.0 Å². The normalized spacial score (nSPS) is 19.2. The van der Waals surface area contributed by atoms with E-state index in [1.54, 1.807) is 12.1 Å². The van der Waals surface area contributed by atoms with E-state index in [0.29, 0.717) is 29.3 Å². The van der Waals surface area contributed by atoms with Gasteiger partial charge in [-0.2, -0.15) is 0 Å². The average molecular weight is 542 g/mol. The molecule has 0 aliphatic carbocycles. The lowest BCUT2D eigenvalue weighted by Crippen LogP contribution is -2.62. The topological polar surface area (TPSA) is 178 Å². The van der Waals surface area contributed by atoms with Crippen LogP contribution in [0.15, 0.2) is 64.1 Å². The smallest absolute Gasteiger partial charge is 0.361 e. The molecule has 0 spiro atoms. The van der Waals surface area contributed by atoms with E-state index in [9.17, 15) is 34.9 Å². The Morgan fingerprint density at radius 3 is 2.37 bits per heavy atom. The third-order valence-corrected chi connectivity index (χ3v) is 7.13. The van der Waals surface area contributed by atoms with Crippen molar-refractivity contribution in [2.45, 2.75) is 25.5 Å². The number of nitro benzene ring substituents is 2. The Kier molecular flexibility index (Phi) is 8.02. The number of carbonyl (C=O) groups excluding carboxylic acids is 2. The number of hydrogen-bond acceptors (Lipinski definition) is 10. The molecule has 2 aliphatic rings. The predicted octanol–water partition coefficient (Wildman–Crippen LogP) is 3.11. The fourth-order valence-electron chi connectivity index (χ4n) is 4.23. The Morgan fingerprint density at radius 1 is 1.18 bits per heavy atom. The van der Waals surface area contributed by atoms with E-state index >= 15 is 0 Å². The van der Waals surface area contributed by atoms with Crippen molar-refractivity contribution in [1.82, 2.24) is 4.90 Å². The monoisotopic (exact) mass is 541 g/mol. The molecule has 0 unspecified atom stereocenters. The van der Waals surface area contributed by atoms with E-state index < -0.39 is 27.8 Å². The Labute approximate surface area is 220 Å². The summed E-state index contributed by atoms with van der Waals surface area (Å²) in [5.41, 5.74) is 0.572. The van der Waals surface area contributed by atoms with Gasteiger partial charge in [-0.05, 0) is 31.2 Å². The Morgan fingerprint density at radius 2 is 1.79 bits per heavy atom. The first kappa shape index (κ1) is 26.8. The van der Waals surface area contributed by atoms with Crippen LogP contribution in [0.4, 0.5) is 17.1 Å². The highest BCUT2D eigenvalue weighted by molar-refractivity contribution is 8.03. The number of anilines is 1. The second-order valence-electron chi connectivity index (χ2n) is 8.49. The number of ether oxygens (including phenoxy) is 1. The number of esters is 1. The van der Waals surface area contributed by atoms with Gasteiger partial charge in [-0.25, -0.2) is 4.79 Å². The van der Waals surface area contributed by atoms with Crippen molar-refractivity contribution in [3.63, 3.8) is 0 Å². The van der Waals surface area contributed by atoms with Gasteiger partial charge in [-0.15, -0.1) is 11.8 Å². The van der Waals surface area contributed by atoms with Crippen molar-refractivity contribution >= 4 is 47.0 Å². The maximum absolute atomic E-state index is 13.0. The van der Waals surface area contributed by atoms with Gasteiger partial charge in [0.25, 0.3) is 11.4 Å². The molecule has 3 atom stereocenters. The van der Waals surface area contributed by atoms with Crippen molar-refractivity contribution in [1.29, 1.82) is 0 Å². The molecule has 198 valence electrons. The van der Waals surface area contributed by atoms with Gasteiger partial charge in [0.05, 0.1) is 40.8 Å². The molecule has 2 aliphatic heterocycles. The highest BCUT2D eigenvalue weighted by Gasteiger charge is 2.57. The number of nitro groups is 2. The van der Waals surface area contributed by atoms with Crippen LogP contribution in [0.5, 0.6) is 5.75 Å². The molecule has 2 heterocycles. The highest BCUT2D eigenvalue weighted by atomic mass is 32.2. The Balaban J connectivity index is 1.39. The van der Waals surface area contributed by atoms with E-state index in [4.69, 9.17) is 4.74 Å². The number of benzene rings is 2. The summed E-state index contributed by atoms with van der Waals surface area (Å²) in [6, 6.07) is 10.6. The van der Waals surface area contributed by atoms with Crippen LogP contribution in [0.3, 0.4) is 0 Å². The third kappa shape index (κ3) is 5.65. The summed E-state index contributed by atoms with van der Waals surface area (Å²) in [5, 5.41) is 34.5. The van der Waals surface area contributed by atoms with Gasteiger partial charge in [0.15, 0.2) is 0 Å². The molecule has 2 aromatic rings. The number of nitrogens with one attached hydrogen (secondary N) is 1. The van der Waals surface area contributed by atoms with Crippen LogP contribution in [0.25, 0.3) is 0 Å². The summed E-state index contributed by atoms with van der Waals surface area (Å²) < 4.78 is 5.41. The summed E-state index contributed by atoms with van der Waals surface area (Å²) in [6.07, 6.45) is 0.992. The van der Waals surface area contributed by atoms with Crippen LogP contribution in [0.2, 0.25) is 0 Å². The van der Waals surface area contributed by atoms with E-state index in [1.165, 1.54) is 66.3 Å². The van der Waals surface area contributed by atoms with Crippen LogP contribution in [0, 0.1) is 26.1 Å². The second-order valence-corrected chi connectivity index (χ2v) is 9.68. The molecule has 1 saturated heterocycles. The molecule has 13 nitrogen and oxygen atoms in total. The van der Waals surface area contributed by atoms with Crippen molar-refractivity contribution in [2.24, 2.45) is 10.9 Å². The summed E-state index contributed by atoms with van der Waals surface area (Å²) >= 11 is 1.35. The highest BCUT2D eigenvalue weighted by Crippen LogP contribution is 2.47. The molecule has 4 rings (SSSR count). The van der Waals surface area contributed by atoms with Crippen molar-refractivity contribution < 1.29 is 29.3 Å². The summed E-state index contributed by atoms with van der Waals surface area (Å²) in [6.45, 7) is 1.91. The average Bonchev–Trinajstić information content (AvgIpc) is 3.20. The van der Waals surface area contributed by atoms with Gasteiger partial charge in [0.1, 0.15) is 11.4 Å². The first-order chi connectivity index (χ1) is 18.2. The minimum Gasteiger partial charge on any atom is -0.422 e. The standard InChI is InChI=1S/C24H23N5O8S/c1-14(30)21-19-12-20(38-11-10-25-13-26-15-2-4-16(5-3-15)28(33)34)22(27(19)23(21)31)24(32)37-18-8-6-17(7-9-18)29(35)36/h2-9,13-14,19,21,30H,10-12H2,1H3,(H,25,26)/t14-,19-,21-/m1/s1. The quantitative estimate of drug-likeness (QED) is 0.0628. The number of rotatable bonds is 11. The number of non-ortho nitro benzene ring substituents is 2. The zero-order valence-corrected chi connectivity index (χ0v) is 20.9. The van der Waals surface area contributed by atoms with Crippen molar-refractivity contribution in [3.05, 3.63) is 79.4 Å². The lowest BCUT2D eigenvalue weighted by Gasteiger charge is -2.44. The number of thioether (sulfide) groups is 1. The minimum atomic E-state index is -0.866. The third-order valence-electron chi connectivity index (χ3n) is 6.04. The molecule has 0 bridgehead atoms. The van der Waals surface area contributed by atoms with E-state index in [0.717, 1.165) is 0 Å². The number of fused-ring (bicyclic) bond motifs is 1. The molecule has 2 aromatic carbocycles. The summed E-state index contributed by atoms with van der Waals surface area (Å²) in [4.78, 5) is 52.5. The van der Waals surface area contributed by atoms with Crippen LogP contribution in [-0.2, 0) is 9.59 Å². The fraction of sp³-hybridized carbons (Fsp3) is 0.292. The SMILES string of the molecule is C[C@@H](O)[C@H]1C(=O)N2C(C(=O)Oc3ccc([N+](=O)[O-])cc3)=C(SCCN=CNc3ccc([N+](=O)[O-])cc3)C[C@H]12. The zero-order valence-electron chi connectivity index (χ0n) is 20.1. The lowest BCUT2D eigenvalue weighted by molar-refractivity contribution is -0.385. The van der Waals surface area contributed by atoms with Gasteiger partial charge in [-0.3, -0.25) is 30.0 Å². The van der Waals surface area contributed by atoms with Crippen molar-refractivity contribution in [3.8, 4) is 5.75 Å². The van der Waals surface area contributed by atoms with Gasteiger partial charge in [0.2, 0.25) is 5.91 Å². The van der Waals surface area contributed by atoms with Gasteiger partial charge in [-0.1, -0.05) is 0 Å². The molecule has 0 radical (unpaired) electrons. The lowest BCUT2D eigenvalue weighted by atomic mass is 9.83. The molecule has 0 saturated carbocycles. The molecule has 1 fully saturated rings. The van der Waals surface area contributed by atoms with Crippen LogP contribution in [-0.4, -0.2) is 62.5 Å². The minimum absolute atomic E-state index is 0.0161. The van der Waals surface area contributed by atoms with Crippen LogP contribution >= 0.6 is 11.8 Å². The maximum Gasteiger partial charge on any atom is 0.361 e. The molecule has 0 aromatic heterocycles. The Hall–Kier alpha value is -4.30. The number of aliphatic imine (C=N–C) groups is 1. The Bertz CT molecular complexity index is 1310. The van der Waals surface area contributed by atoms with E-state index in [-0.39, 0.29) is 34.8 Å². The van der Waals surface area contributed by atoms with Crippen LogP contribution in [0.1, 0.15) is 13.3 Å². The molecular weight excluding hydrogens is 518 g/mol. The summed E-state index contributed by atoms with van der Waals surface area (Å²) in [5.74, 6) is -1.15. The fourth-order valence-corrected chi connectivity index (χ4v) is 5.28. The zero-order chi connectivity index (χ0) is 27.4.